The Hall–Kier alpha value is -3.09. The fourth-order valence-electron chi connectivity index (χ4n) is 3.24. The summed E-state index contributed by atoms with van der Waals surface area (Å²) in [5.74, 6) is 3.10. The number of hydrogen-bond acceptors (Lipinski definition) is 6. The van der Waals surface area contributed by atoms with Gasteiger partial charge in [0.15, 0.2) is 0 Å². The number of rotatable bonds is 5. The van der Waals surface area contributed by atoms with Crippen LogP contribution in [0, 0.1) is 12.7 Å². The monoisotopic (exact) mass is 367 g/mol. The van der Waals surface area contributed by atoms with E-state index in [0.717, 1.165) is 55.1 Å². The van der Waals surface area contributed by atoms with E-state index in [4.69, 9.17) is 4.42 Å². The third kappa shape index (κ3) is 4.19. The molecule has 6 nitrogen and oxygen atoms in total. The maximum atomic E-state index is 13.1. The van der Waals surface area contributed by atoms with Crippen LogP contribution < -0.4 is 15.1 Å². The van der Waals surface area contributed by atoms with Crippen LogP contribution in [0.25, 0.3) is 0 Å². The molecule has 27 heavy (non-hydrogen) atoms. The number of halogens is 1. The van der Waals surface area contributed by atoms with E-state index < -0.39 is 0 Å². The van der Waals surface area contributed by atoms with Gasteiger partial charge in [0.1, 0.15) is 29.0 Å². The van der Waals surface area contributed by atoms with Crippen molar-refractivity contribution >= 4 is 17.3 Å². The predicted molar refractivity (Wildman–Crippen MR) is 104 cm³/mol. The van der Waals surface area contributed by atoms with E-state index in [1.165, 1.54) is 12.1 Å². The molecule has 1 aliphatic heterocycles. The Labute approximate surface area is 157 Å². The lowest BCUT2D eigenvalue weighted by Crippen LogP contribution is -2.46. The molecule has 3 heterocycles. The van der Waals surface area contributed by atoms with E-state index >= 15 is 0 Å². The highest BCUT2D eigenvalue weighted by Crippen LogP contribution is 2.21. The molecule has 4 rings (SSSR count). The topological polar surface area (TPSA) is 57.4 Å². The first-order chi connectivity index (χ1) is 13.2. The summed E-state index contributed by atoms with van der Waals surface area (Å²) in [6.45, 7) is 5.92. The average molecular weight is 367 g/mol. The van der Waals surface area contributed by atoms with Crippen molar-refractivity contribution in [3.8, 4) is 0 Å². The minimum Gasteiger partial charge on any atom is -0.467 e. The van der Waals surface area contributed by atoms with E-state index in [0.29, 0.717) is 6.54 Å². The smallest absolute Gasteiger partial charge is 0.134 e. The van der Waals surface area contributed by atoms with Gasteiger partial charge in [-0.05, 0) is 43.3 Å². The molecule has 2 aromatic heterocycles. The van der Waals surface area contributed by atoms with E-state index in [9.17, 15) is 4.39 Å². The molecule has 0 saturated carbocycles. The van der Waals surface area contributed by atoms with E-state index in [2.05, 4.69) is 25.1 Å². The maximum Gasteiger partial charge on any atom is 0.134 e. The van der Waals surface area contributed by atoms with Gasteiger partial charge in [0.05, 0.1) is 12.8 Å². The van der Waals surface area contributed by atoms with E-state index in [1.807, 2.05) is 37.3 Å². The minimum absolute atomic E-state index is 0.205. The third-order valence-electron chi connectivity index (χ3n) is 4.64. The summed E-state index contributed by atoms with van der Waals surface area (Å²) in [6.07, 6.45) is 1.66. The maximum absolute atomic E-state index is 13.1. The lowest BCUT2D eigenvalue weighted by Gasteiger charge is -2.36. The molecule has 3 aromatic rings. The van der Waals surface area contributed by atoms with Gasteiger partial charge in [0, 0.05) is 37.9 Å². The molecule has 0 bridgehead atoms. The molecule has 1 fully saturated rings. The van der Waals surface area contributed by atoms with Gasteiger partial charge in [-0.3, -0.25) is 0 Å². The Morgan fingerprint density at radius 3 is 2.48 bits per heavy atom. The Bertz CT molecular complexity index is 874. The SMILES string of the molecule is Cc1nc(NCc2ccco2)cc(N2CCN(c3ccc(F)cc3)CC2)n1. The number of piperazine rings is 1. The standard InChI is InChI=1S/C20H22FN5O/c1-15-23-19(22-14-18-3-2-12-27-18)13-20(24-15)26-10-8-25(9-11-26)17-6-4-16(21)5-7-17/h2-7,12-13H,8-11,14H2,1H3,(H,22,23,24). The van der Waals surface area contributed by atoms with Gasteiger partial charge in [0.25, 0.3) is 0 Å². The van der Waals surface area contributed by atoms with Gasteiger partial charge in [-0.1, -0.05) is 0 Å². The molecule has 1 aromatic carbocycles. The van der Waals surface area contributed by atoms with Crippen molar-refractivity contribution in [2.45, 2.75) is 13.5 Å². The van der Waals surface area contributed by atoms with Gasteiger partial charge < -0.3 is 19.5 Å². The minimum atomic E-state index is -0.205. The number of hydrogen-bond donors (Lipinski definition) is 1. The predicted octanol–water partition coefficient (Wildman–Crippen LogP) is 3.46. The third-order valence-corrected chi connectivity index (χ3v) is 4.64. The Balaban J connectivity index is 1.40. The number of nitrogens with one attached hydrogen (secondary N) is 1. The van der Waals surface area contributed by atoms with Crippen molar-refractivity contribution < 1.29 is 8.81 Å². The van der Waals surface area contributed by atoms with Crippen molar-refractivity contribution in [2.75, 3.05) is 41.3 Å². The zero-order chi connectivity index (χ0) is 18.6. The summed E-state index contributed by atoms with van der Waals surface area (Å²) in [5, 5.41) is 3.29. The van der Waals surface area contributed by atoms with Crippen molar-refractivity contribution in [1.82, 2.24) is 9.97 Å². The van der Waals surface area contributed by atoms with Crippen LogP contribution in [-0.2, 0) is 6.54 Å². The van der Waals surface area contributed by atoms with Crippen molar-refractivity contribution in [3.05, 3.63) is 66.1 Å². The number of aromatic nitrogens is 2. The highest BCUT2D eigenvalue weighted by Gasteiger charge is 2.19. The molecule has 140 valence electrons. The van der Waals surface area contributed by atoms with Crippen LogP contribution in [-0.4, -0.2) is 36.1 Å². The molecule has 0 spiro atoms. The van der Waals surface area contributed by atoms with Gasteiger partial charge in [-0.25, -0.2) is 14.4 Å². The molecule has 7 heteroatoms. The van der Waals surface area contributed by atoms with Crippen LogP contribution >= 0.6 is 0 Å². The summed E-state index contributed by atoms with van der Waals surface area (Å²) < 4.78 is 18.5. The van der Waals surface area contributed by atoms with Gasteiger partial charge in [0.2, 0.25) is 0 Å². The molecule has 0 aliphatic carbocycles. The Morgan fingerprint density at radius 1 is 1.04 bits per heavy atom. The number of aryl methyl sites for hydroxylation is 1. The van der Waals surface area contributed by atoms with E-state index in [-0.39, 0.29) is 5.82 Å². The van der Waals surface area contributed by atoms with Crippen LogP contribution in [0.2, 0.25) is 0 Å². The summed E-state index contributed by atoms with van der Waals surface area (Å²) in [5.41, 5.74) is 1.05. The van der Waals surface area contributed by atoms with Crippen LogP contribution in [0.1, 0.15) is 11.6 Å². The Morgan fingerprint density at radius 2 is 1.78 bits per heavy atom. The van der Waals surface area contributed by atoms with Gasteiger partial charge in [-0.15, -0.1) is 0 Å². The first-order valence-corrected chi connectivity index (χ1v) is 9.05. The largest absolute Gasteiger partial charge is 0.467 e. The summed E-state index contributed by atoms with van der Waals surface area (Å²) in [7, 11) is 0. The molecule has 1 saturated heterocycles. The zero-order valence-corrected chi connectivity index (χ0v) is 15.2. The van der Waals surface area contributed by atoms with Crippen LogP contribution in [0.5, 0.6) is 0 Å². The number of benzene rings is 1. The Kier molecular flexibility index (Phi) is 4.91. The molecule has 1 aliphatic rings. The quantitative estimate of drug-likeness (QED) is 0.745. The molecule has 1 N–H and O–H groups in total. The van der Waals surface area contributed by atoms with Crippen LogP contribution in [0.4, 0.5) is 21.7 Å². The van der Waals surface area contributed by atoms with Crippen LogP contribution in [0.15, 0.2) is 53.1 Å². The lowest BCUT2D eigenvalue weighted by atomic mass is 10.2. The summed E-state index contributed by atoms with van der Waals surface area (Å²) in [6, 6.07) is 12.4. The number of nitrogens with zero attached hydrogens (tertiary/aromatic N) is 4. The first-order valence-electron chi connectivity index (χ1n) is 9.05. The molecule has 0 radical (unpaired) electrons. The fourth-order valence-corrected chi connectivity index (χ4v) is 3.24. The number of anilines is 3. The molecular weight excluding hydrogens is 345 g/mol. The van der Waals surface area contributed by atoms with E-state index in [1.54, 1.807) is 6.26 Å². The van der Waals surface area contributed by atoms with Crippen molar-refractivity contribution in [2.24, 2.45) is 0 Å². The normalized spacial score (nSPS) is 14.4. The first kappa shape index (κ1) is 17.3. The van der Waals surface area contributed by atoms with Crippen molar-refractivity contribution in [1.29, 1.82) is 0 Å². The average Bonchev–Trinajstić information content (AvgIpc) is 3.20. The van der Waals surface area contributed by atoms with Gasteiger partial charge >= 0.3 is 0 Å². The summed E-state index contributed by atoms with van der Waals surface area (Å²) >= 11 is 0. The molecular formula is C20H22FN5O. The second-order valence-electron chi connectivity index (χ2n) is 6.54. The van der Waals surface area contributed by atoms with Crippen molar-refractivity contribution in [3.63, 3.8) is 0 Å². The zero-order valence-electron chi connectivity index (χ0n) is 15.2. The summed E-state index contributed by atoms with van der Waals surface area (Å²) in [4.78, 5) is 13.6. The molecule has 0 unspecified atom stereocenters. The second kappa shape index (κ2) is 7.65. The lowest BCUT2D eigenvalue weighted by molar-refractivity contribution is 0.517. The highest BCUT2D eigenvalue weighted by molar-refractivity contribution is 5.52. The second-order valence-corrected chi connectivity index (χ2v) is 6.54. The molecule has 0 atom stereocenters. The molecule has 0 amide bonds. The highest BCUT2D eigenvalue weighted by atomic mass is 19.1. The van der Waals surface area contributed by atoms with Crippen LogP contribution in [0.3, 0.4) is 0 Å². The van der Waals surface area contributed by atoms with Gasteiger partial charge in [-0.2, -0.15) is 0 Å². The number of furan rings is 1. The fraction of sp³-hybridized carbons (Fsp3) is 0.300.